The van der Waals surface area contributed by atoms with Crippen LogP contribution in [0, 0.1) is 0 Å². The van der Waals surface area contributed by atoms with Crippen molar-refractivity contribution in [1.82, 2.24) is 0 Å². The zero-order chi connectivity index (χ0) is 9.14. The molecule has 1 unspecified atom stereocenters. The van der Waals surface area contributed by atoms with E-state index in [-0.39, 0.29) is 15.4 Å². The molecule has 1 rings (SSSR count). The van der Waals surface area contributed by atoms with Gasteiger partial charge in [-0.1, -0.05) is 41.6 Å². The summed E-state index contributed by atoms with van der Waals surface area (Å²) in [6.45, 7) is 2.04. The fourth-order valence-corrected chi connectivity index (χ4v) is 1.52. The van der Waals surface area contributed by atoms with Crippen LogP contribution >= 0.6 is 22.6 Å². The lowest BCUT2D eigenvalue weighted by Gasteiger charge is -2.09. The van der Waals surface area contributed by atoms with E-state index in [1.165, 1.54) is 6.07 Å². The van der Waals surface area contributed by atoms with Gasteiger partial charge in [-0.05, 0) is 12.5 Å². The van der Waals surface area contributed by atoms with E-state index < -0.39 is 0 Å². The fraction of sp³-hybridized carbons (Fsp3) is 0.333. The number of rotatable bonds is 2. The number of para-hydroxylation sites is 1. The van der Waals surface area contributed by atoms with Gasteiger partial charge in [0, 0.05) is 9.49 Å². The summed E-state index contributed by atoms with van der Waals surface area (Å²) < 4.78 is 0.259. The Kier molecular flexibility index (Phi) is 3.20. The highest BCUT2D eigenvalue weighted by Crippen LogP contribution is 2.37. The van der Waals surface area contributed by atoms with Crippen molar-refractivity contribution in [2.75, 3.05) is 0 Å². The third-order valence-corrected chi connectivity index (χ3v) is 3.29. The van der Waals surface area contributed by atoms with Crippen LogP contribution in [0.25, 0.3) is 0 Å². The summed E-state index contributed by atoms with van der Waals surface area (Å²) in [6, 6.07) is 5.05. The average Bonchev–Trinajstić information content (AvgIpc) is 2.08. The van der Waals surface area contributed by atoms with Crippen molar-refractivity contribution in [3.8, 4) is 11.5 Å². The normalized spacial score (nSPS) is 12.8. The van der Waals surface area contributed by atoms with Crippen molar-refractivity contribution in [3.63, 3.8) is 0 Å². The Morgan fingerprint density at radius 3 is 2.67 bits per heavy atom. The van der Waals surface area contributed by atoms with Crippen molar-refractivity contribution in [1.29, 1.82) is 0 Å². The molecule has 2 N–H and O–H groups in total. The van der Waals surface area contributed by atoms with Crippen LogP contribution in [0.5, 0.6) is 11.5 Å². The number of hydrogen-bond donors (Lipinski definition) is 2. The lowest BCUT2D eigenvalue weighted by Crippen LogP contribution is -1.87. The monoisotopic (exact) mass is 278 g/mol. The molecule has 66 valence electrons. The molecule has 12 heavy (non-hydrogen) atoms. The minimum absolute atomic E-state index is 0.0127. The molecule has 0 fully saturated rings. The van der Waals surface area contributed by atoms with Crippen LogP contribution in [0.15, 0.2) is 18.2 Å². The molecule has 1 aromatic carbocycles. The Morgan fingerprint density at radius 1 is 1.42 bits per heavy atom. The zero-order valence-corrected chi connectivity index (χ0v) is 8.95. The molecule has 0 saturated carbocycles. The van der Waals surface area contributed by atoms with Gasteiger partial charge in [0.15, 0.2) is 11.5 Å². The van der Waals surface area contributed by atoms with Crippen LogP contribution < -0.4 is 0 Å². The average molecular weight is 278 g/mol. The summed E-state index contributed by atoms with van der Waals surface area (Å²) in [4.78, 5) is 0. The number of aromatic hydroxyl groups is 2. The highest BCUT2D eigenvalue weighted by Gasteiger charge is 2.11. The lowest BCUT2D eigenvalue weighted by molar-refractivity contribution is 0.399. The Bertz CT molecular complexity index is 273. The highest BCUT2D eigenvalue weighted by atomic mass is 127. The van der Waals surface area contributed by atoms with Gasteiger partial charge in [-0.15, -0.1) is 0 Å². The van der Waals surface area contributed by atoms with E-state index in [9.17, 15) is 10.2 Å². The lowest BCUT2D eigenvalue weighted by atomic mass is 10.1. The molecule has 1 atom stereocenters. The molecule has 0 radical (unpaired) electrons. The Morgan fingerprint density at radius 2 is 2.08 bits per heavy atom. The minimum Gasteiger partial charge on any atom is -0.504 e. The highest BCUT2D eigenvalue weighted by molar-refractivity contribution is 14.1. The quantitative estimate of drug-likeness (QED) is 0.496. The number of phenols is 2. The molecule has 0 aliphatic heterocycles. The zero-order valence-electron chi connectivity index (χ0n) is 6.79. The van der Waals surface area contributed by atoms with Gasteiger partial charge in [-0.3, -0.25) is 0 Å². The molecular formula is C9H11IO2. The second kappa shape index (κ2) is 3.98. The standard InChI is InChI=1S/C9H11IO2/c1-2-7(10)6-4-3-5-8(11)9(6)12/h3-5,7,11-12H,2H2,1H3. The van der Waals surface area contributed by atoms with Gasteiger partial charge in [0.2, 0.25) is 0 Å². The summed E-state index contributed by atoms with van der Waals surface area (Å²) in [5.74, 6) is -0.0265. The largest absolute Gasteiger partial charge is 0.504 e. The number of phenolic OH excluding ortho intramolecular Hbond substituents is 2. The predicted octanol–water partition coefficient (Wildman–Crippen LogP) is 2.98. The van der Waals surface area contributed by atoms with Crippen LogP contribution in [0.2, 0.25) is 0 Å². The topological polar surface area (TPSA) is 40.5 Å². The van der Waals surface area contributed by atoms with Crippen molar-refractivity contribution in [2.24, 2.45) is 0 Å². The summed E-state index contributed by atoms with van der Waals surface area (Å²) in [5.41, 5.74) is 0.804. The third kappa shape index (κ3) is 1.83. The molecule has 0 aliphatic carbocycles. The first-order valence-electron chi connectivity index (χ1n) is 3.81. The van der Waals surface area contributed by atoms with Crippen LogP contribution in [-0.4, -0.2) is 10.2 Å². The summed E-state index contributed by atoms with van der Waals surface area (Å²) in [5, 5.41) is 18.6. The Balaban J connectivity index is 3.07. The maximum Gasteiger partial charge on any atom is 0.161 e. The molecular weight excluding hydrogens is 267 g/mol. The molecule has 0 saturated heterocycles. The van der Waals surface area contributed by atoms with E-state index in [2.05, 4.69) is 22.6 Å². The minimum atomic E-state index is -0.0392. The van der Waals surface area contributed by atoms with Crippen molar-refractivity contribution < 1.29 is 10.2 Å². The molecule has 0 amide bonds. The van der Waals surface area contributed by atoms with Crippen LogP contribution in [0.3, 0.4) is 0 Å². The van der Waals surface area contributed by atoms with E-state index in [0.717, 1.165) is 12.0 Å². The van der Waals surface area contributed by atoms with E-state index in [0.29, 0.717) is 0 Å². The van der Waals surface area contributed by atoms with Crippen molar-refractivity contribution in [3.05, 3.63) is 23.8 Å². The Hall–Kier alpha value is -0.450. The summed E-state index contributed by atoms with van der Waals surface area (Å²) >= 11 is 2.24. The number of halogens is 1. The smallest absolute Gasteiger partial charge is 0.161 e. The molecule has 0 aromatic heterocycles. The van der Waals surface area contributed by atoms with Gasteiger partial charge in [0.25, 0.3) is 0 Å². The first-order chi connectivity index (χ1) is 5.66. The molecule has 0 heterocycles. The summed E-state index contributed by atoms with van der Waals surface area (Å²) in [6.07, 6.45) is 0.942. The van der Waals surface area contributed by atoms with Crippen molar-refractivity contribution in [2.45, 2.75) is 17.3 Å². The van der Waals surface area contributed by atoms with Gasteiger partial charge < -0.3 is 10.2 Å². The summed E-state index contributed by atoms with van der Waals surface area (Å²) in [7, 11) is 0. The van der Waals surface area contributed by atoms with E-state index in [4.69, 9.17) is 0 Å². The fourth-order valence-electron chi connectivity index (χ4n) is 1.02. The van der Waals surface area contributed by atoms with E-state index in [1.54, 1.807) is 6.07 Å². The van der Waals surface area contributed by atoms with E-state index >= 15 is 0 Å². The van der Waals surface area contributed by atoms with Crippen LogP contribution in [-0.2, 0) is 0 Å². The first-order valence-corrected chi connectivity index (χ1v) is 5.06. The van der Waals surface area contributed by atoms with Gasteiger partial charge in [0.05, 0.1) is 0 Å². The van der Waals surface area contributed by atoms with Crippen LogP contribution in [0.1, 0.15) is 22.8 Å². The molecule has 2 nitrogen and oxygen atoms in total. The number of benzene rings is 1. The molecule has 3 heteroatoms. The maximum atomic E-state index is 9.44. The Labute approximate surface area is 85.4 Å². The second-order valence-corrected chi connectivity index (χ2v) is 4.09. The molecule has 0 bridgehead atoms. The van der Waals surface area contributed by atoms with E-state index in [1.807, 2.05) is 13.0 Å². The first kappa shape index (κ1) is 9.64. The molecule has 1 aromatic rings. The molecule has 0 spiro atoms. The number of hydrogen-bond acceptors (Lipinski definition) is 2. The van der Waals surface area contributed by atoms with Crippen LogP contribution in [0.4, 0.5) is 0 Å². The van der Waals surface area contributed by atoms with Crippen molar-refractivity contribution >= 4 is 22.6 Å². The number of alkyl halides is 1. The van der Waals surface area contributed by atoms with Gasteiger partial charge >= 0.3 is 0 Å². The molecule has 0 aliphatic rings. The van der Waals surface area contributed by atoms with Gasteiger partial charge in [0.1, 0.15) is 0 Å². The maximum absolute atomic E-state index is 9.44. The SMILES string of the molecule is CCC(I)c1cccc(O)c1O. The second-order valence-electron chi connectivity index (χ2n) is 2.59. The third-order valence-electron chi connectivity index (χ3n) is 1.74. The van der Waals surface area contributed by atoms with Gasteiger partial charge in [-0.2, -0.15) is 0 Å². The van der Waals surface area contributed by atoms with Gasteiger partial charge in [-0.25, -0.2) is 0 Å². The predicted molar refractivity (Wildman–Crippen MR) is 56.8 cm³/mol.